The van der Waals surface area contributed by atoms with Crippen LogP contribution in [0.4, 0.5) is 4.39 Å². The van der Waals surface area contributed by atoms with Gasteiger partial charge < -0.3 is 5.73 Å². The lowest BCUT2D eigenvalue weighted by Crippen LogP contribution is -2.05. The van der Waals surface area contributed by atoms with Crippen LogP contribution in [-0.2, 0) is 13.0 Å². The van der Waals surface area contributed by atoms with Crippen LogP contribution in [0.25, 0.3) is 0 Å². The van der Waals surface area contributed by atoms with E-state index < -0.39 is 0 Å². The highest BCUT2D eigenvalue weighted by Gasteiger charge is 2.08. The predicted octanol–water partition coefficient (Wildman–Crippen LogP) is 1.67. The van der Waals surface area contributed by atoms with Gasteiger partial charge in [0.05, 0.1) is 17.9 Å². The van der Waals surface area contributed by atoms with Crippen LogP contribution >= 0.6 is 0 Å². The van der Waals surface area contributed by atoms with Crippen LogP contribution in [0.3, 0.4) is 0 Å². The minimum absolute atomic E-state index is 0.228. The molecule has 2 N–H and O–H groups in total. The van der Waals surface area contributed by atoms with Crippen molar-refractivity contribution >= 4 is 0 Å². The molecule has 0 radical (unpaired) electrons. The van der Waals surface area contributed by atoms with Crippen LogP contribution in [0, 0.1) is 12.7 Å². The molecule has 0 atom stereocenters. The Hall–Kier alpha value is -1.75. The van der Waals surface area contributed by atoms with Gasteiger partial charge in [-0.3, -0.25) is 0 Å². The number of nitrogens with zero attached hydrogens (tertiary/aromatic N) is 3. The topological polar surface area (TPSA) is 56.7 Å². The van der Waals surface area contributed by atoms with Crippen molar-refractivity contribution in [2.24, 2.45) is 5.73 Å². The summed E-state index contributed by atoms with van der Waals surface area (Å²) in [5.41, 5.74) is 8.35. The maximum atomic E-state index is 13.1. The van der Waals surface area contributed by atoms with Crippen molar-refractivity contribution in [3.63, 3.8) is 0 Å². The Kier molecular flexibility index (Phi) is 4.04. The van der Waals surface area contributed by atoms with Gasteiger partial charge in [-0.05, 0) is 44.0 Å². The third kappa shape index (κ3) is 2.92. The van der Waals surface area contributed by atoms with E-state index in [0.29, 0.717) is 13.1 Å². The van der Waals surface area contributed by atoms with Gasteiger partial charge in [-0.15, -0.1) is 5.10 Å². The Labute approximate surface area is 106 Å². The van der Waals surface area contributed by atoms with Crippen LogP contribution in [-0.4, -0.2) is 21.5 Å². The molecule has 18 heavy (non-hydrogen) atoms. The second kappa shape index (κ2) is 5.73. The Balaban J connectivity index is 2.12. The molecule has 0 aliphatic rings. The molecule has 0 bridgehead atoms. The summed E-state index contributed by atoms with van der Waals surface area (Å²) in [6.07, 6.45) is 1.74. The standard InChI is InChI=1S/C13H17FN4/c1-10-13(6-3-7-15)16-17-18(10)9-11-4-2-5-12(14)8-11/h2,4-5,8H,3,6-7,9,15H2,1H3. The Morgan fingerprint density at radius 1 is 1.39 bits per heavy atom. The molecule has 96 valence electrons. The van der Waals surface area contributed by atoms with Gasteiger partial charge in [0, 0.05) is 0 Å². The maximum absolute atomic E-state index is 13.1. The Morgan fingerprint density at radius 2 is 2.22 bits per heavy atom. The van der Waals surface area contributed by atoms with E-state index in [9.17, 15) is 4.39 Å². The molecule has 0 amide bonds. The largest absolute Gasteiger partial charge is 0.330 e. The third-order valence-electron chi connectivity index (χ3n) is 2.92. The second-order valence-corrected chi connectivity index (χ2v) is 4.30. The summed E-state index contributed by atoms with van der Waals surface area (Å²) in [4.78, 5) is 0. The highest BCUT2D eigenvalue weighted by Crippen LogP contribution is 2.10. The normalized spacial score (nSPS) is 10.8. The number of nitrogens with two attached hydrogens (primary N) is 1. The number of halogens is 1. The molecule has 0 aliphatic heterocycles. The molecule has 4 nitrogen and oxygen atoms in total. The molecule has 0 aliphatic carbocycles. The Morgan fingerprint density at radius 3 is 2.94 bits per heavy atom. The van der Waals surface area contributed by atoms with Crippen molar-refractivity contribution in [2.75, 3.05) is 6.54 Å². The maximum Gasteiger partial charge on any atom is 0.123 e. The van der Waals surface area contributed by atoms with Crippen LogP contribution in [0.2, 0.25) is 0 Å². The minimum atomic E-state index is -0.228. The van der Waals surface area contributed by atoms with E-state index in [-0.39, 0.29) is 5.82 Å². The molecular weight excluding hydrogens is 231 g/mol. The predicted molar refractivity (Wildman–Crippen MR) is 67.6 cm³/mol. The number of hydrogen-bond acceptors (Lipinski definition) is 3. The van der Waals surface area contributed by atoms with E-state index in [2.05, 4.69) is 10.3 Å². The summed E-state index contributed by atoms with van der Waals surface area (Å²) in [5.74, 6) is -0.228. The van der Waals surface area contributed by atoms with Gasteiger partial charge in [0.25, 0.3) is 0 Å². The van der Waals surface area contributed by atoms with Crippen LogP contribution in [0.5, 0.6) is 0 Å². The first-order chi connectivity index (χ1) is 8.70. The zero-order chi connectivity index (χ0) is 13.0. The van der Waals surface area contributed by atoms with Gasteiger partial charge in [-0.1, -0.05) is 17.3 Å². The van der Waals surface area contributed by atoms with E-state index in [1.807, 2.05) is 13.0 Å². The summed E-state index contributed by atoms with van der Waals surface area (Å²) >= 11 is 0. The van der Waals surface area contributed by atoms with Crippen molar-refractivity contribution in [2.45, 2.75) is 26.3 Å². The van der Waals surface area contributed by atoms with Crippen molar-refractivity contribution in [1.29, 1.82) is 0 Å². The summed E-state index contributed by atoms with van der Waals surface area (Å²) in [5, 5.41) is 8.23. The third-order valence-corrected chi connectivity index (χ3v) is 2.92. The molecule has 0 saturated carbocycles. The zero-order valence-corrected chi connectivity index (χ0v) is 10.4. The fraction of sp³-hybridized carbons (Fsp3) is 0.385. The van der Waals surface area contributed by atoms with E-state index in [1.165, 1.54) is 12.1 Å². The molecule has 2 aromatic rings. The van der Waals surface area contributed by atoms with Gasteiger partial charge in [0.15, 0.2) is 0 Å². The van der Waals surface area contributed by atoms with Gasteiger partial charge >= 0.3 is 0 Å². The zero-order valence-electron chi connectivity index (χ0n) is 10.4. The number of benzene rings is 1. The van der Waals surface area contributed by atoms with Crippen LogP contribution in [0.1, 0.15) is 23.4 Å². The average molecular weight is 248 g/mol. The first-order valence-corrected chi connectivity index (χ1v) is 6.04. The number of aromatic nitrogens is 3. The molecule has 0 saturated heterocycles. The number of hydrogen-bond donors (Lipinski definition) is 1. The van der Waals surface area contributed by atoms with Crippen LogP contribution in [0.15, 0.2) is 24.3 Å². The Bertz CT molecular complexity index is 521. The van der Waals surface area contributed by atoms with Crippen molar-refractivity contribution < 1.29 is 4.39 Å². The molecule has 2 rings (SSSR count). The molecule has 1 aromatic carbocycles. The fourth-order valence-electron chi connectivity index (χ4n) is 1.86. The molecule has 0 unspecified atom stereocenters. The lowest BCUT2D eigenvalue weighted by molar-refractivity contribution is 0.609. The summed E-state index contributed by atoms with van der Waals surface area (Å²) in [7, 11) is 0. The smallest absolute Gasteiger partial charge is 0.123 e. The minimum Gasteiger partial charge on any atom is -0.330 e. The summed E-state index contributed by atoms with van der Waals surface area (Å²) in [6, 6.07) is 6.53. The van der Waals surface area contributed by atoms with Crippen molar-refractivity contribution in [1.82, 2.24) is 15.0 Å². The first-order valence-electron chi connectivity index (χ1n) is 6.04. The van der Waals surface area contributed by atoms with E-state index in [4.69, 9.17) is 5.73 Å². The molecule has 1 heterocycles. The lowest BCUT2D eigenvalue weighted by atomic mass is 10.2. The van der Waals surface area contributed by atoms with Gasteiger partial charge in [0.1, 0.15) is 5.82 Å². The summed E-state index contributed by atoms with van der Waals surface area (Å²) < 4.78 is 14.9. The van der Waals surface area contributed by atoms with E-state index in [1.54, 1.807) is 10.7 Å². The molecule has 0 spiro atoms. The lowest BCUT2D eigenvalue weighted by Gasteiger charge is -2.04. The highest BCUT2D eigenvalue weighted by atomic mass is 19.1. The fourth-order valence-corrected chi connectivity index (χ4v) is 1.86. The van der Waals surface area contributed by atoms with Gasteiger partial charge in [-0.25, -0.2) is 9.07 Å². The quantitative estimate of drug-likeness (QED) is 0.875. The molecular formula is C13H17FN4. The van der Waals surface area contributed by atoms with Crippen molar-refractivity contribution in [3.05, 3.63) is 47.0 Å². The highest BCUT2D eigenvalue weighted by molar-refractivity contribution is 5.18. The molecule has 5 heteroatoms. The monoisotopic (exact) mass is 248 g/mol. The van der Waals surface area contributed by atoms with Crippen LogP contribution < -0.4 is 5.73 Å². The first kappa shape index (κ1) is 12.7. The van der Waals surface area contributed by atoms with Crippen molar-refractivity contribution in [3.8, 4) is 0 Å². The number of rotatable bonds is 5. The second-order valence-electron chi connectivity index (χ2n) is 4.30. The SMILES string of the molecule is Cc1c(CCCN)nnn1Cc1cccc(F)c1. The van der Waals surface area contributed by atoms with Gasteiger partial charge in [0.2, 0.25) is 0 Å². The average Bonchev–Trinajstić information content (AvgIpc) is 2.69. The van der Waals surface area contributed by atoms with Gasteiger partial charge in [-0.2, -0.15) is 0 Å². The van der Waals surface area contributed by atoms with E-state index >= 15 is 0 Å². The molecule has 1 aromatic heterocycles. The summed E-state index contributed by atoms with van der Waals surface area (Å²) in [6.45, 7) is 3.17. The molecule has 0 fully saturated rings. The van der Waals surface area contributed by atoms with E-state index in [0.717, 1.165) is 29.8 Å². The number of aryl methyl sites for hydroxylation is 1.